The van der Waals surface area contributed by atoms with Crippen molar-refractivity contribution in [3.8, 4) is 0 Å². The van der Waals surface area contributed by atoms with Crippen molar-refractivity contribution in [2.45, 2.75) is 57.8 Å². The summed E-state index contributed by atoms with van der Waals surface area (Å²) in [6.45, 7) is 9.10. The lowest BCUT2D eigenvalue weighted by Crippen LogP contribution is -2.33. The first kappa shape index (κ1) is 17.9. The summed E-state index contributed by atoms with van der Waals surface area (Å²) in [5.41, 5.74) is 5.69. The number of hydrogen-bond acceptors (Lipinski definition) is 2. The van der Waals surface area contributed by atoms with Crippen LogP contribution in [0.15, 0.2) is 41.5 Å². The average molecular weight is 355 g/mol. The predicted molar refractivity (Wildman–Crippen MR) is 102 cm³/mol. The first-order valence-electron chi connectivity index (χ1n) is 8.66. The van der Waals surface area contributed by atoms with Crippen LogP contribution in [0.4, 0.5) is 0 Å². The average Bonchev–Trinajstić information content (AvgIpc) is 2.58. The highest BCUT2D eigenvalue weighted by molar-refractivity contribution is 6.68. The molecule has 0 saturated heterocycles. The molecular formula is C22H23ClO2. The number of halogens is 1. The van der Waals surface area contributed by atoms with Gasteiger partial charge in [0.15, 0.2) is 0 Å². The molecule has 0 aromatic heterocycles. The van der Waals surface area contributed by atoms with Gasteiger partial charge in [0.25, 0.3) is 5.24 Å². The largest absolute Gasteiger partial charge is 0.276 e. The lowest BCUT2D eigenvalue weighted by atomic mass is 9.62. The van der Waals surface area contributed by atoms with Gasteiger partial charge in [0.1, 0.15) is 5.94 Å². The molecule has 0 atom stereocenters. The van der Waals surface area contributed by atoms with Crippen LogP contribution >= 0.6 is 11.6 Å². The molecule has 0 unspecified atom stereocenters. The highest BCUT2D eigenvalue weighted by Crippen LogP contribution is 2.47. The lowest BCUT2D eigenvalue weighted by Gasteiger charge is -2.42. The number of carbonyl (C=O) groups excluding carboxylic acids is 2. The van der Waals surface area contributed by atoms with Crippen LogP contribution in [-0.4, -0.2) is 11.2 Å². The van der Waals surface area contributed by atoms with Gasteiger partial charge in [-0.1, -0.05) is 45.9 Å². The van der Waals surface area contributed by atoms with Crippen molar-refractivity contribution in [1.82, 2.24) is 0 Å². The van der Waals surface area contributed by atoms with Crippen molar-refractivity contribution in [1.29, 1.82) is 0 Å². The van der Waals surface area contributed by atoms with Gasteiger partial charge >= 0.3 is 0 Å². The number of rotatable bonds is 2. The second kappa shape index (κ2) is 6.12. The zero-order valence-electron chi connectivity index (χ0n) is 15.2. The van der Waals surface area contributed by atoms with Gasteiger partial charge in [-0.2, -0.15) is 0 Å². The van der Waals surface area contributed by atoms with Gasteiger partial charge in [-0.25, -0.2) is 4.79 Å². The minimum absolute atomic E-state index is 0.0837. The summed E-state index contributed by atoms with van der Waals surface area (Å²) in [5, 5.41) is -0.492. The molecule has 0 aliphatic heterocycles. The third kappa shape index (κ3) is 3.17. The topological polar surface area (TPSA) is 34.1 Å². The third-order valence-electron chi connectivity index (χ3n) is 5.69. The second-order valence-electron chi connectivity index (χ2n) is 8.33. The van der Waals surface area contributed by atoms with Gasteiger partial charge in [-0.05, 0) is 69.7 Å². The molecule has 3 heteroatoms. The predicted octanol–water partition coefficient (Wildman–Crippen LogP) is 5.27. The van der Waals surface area contributed by atoms with E-state index in [-0.39, 0.29) is 10.8 Å². The molecule has 0 N–H and O–H groups in total. The smallest absolute Gasteiger partial charge is 0.252 e. The highest BCUT2D eigenvalue weighted by Gasteiger charge is 2.37. The van der Waals surface area contributed by atoms with Crippen molar-refractivity contribution in [2.75, 3.05) is 0 Å². The summed E-state index contributed by atoms with van der Waals surface area (Å²) in [5.74, 6) is 1.95. The molecule has 1 aromatic rings. The number of hydrogen-bond donors (Lipinski definition) is 0. The maximum atomic E-state index is 11.8. The van der Waals surface area contributed by atoms with E-state index in [1.165, 1.54) is 11.1 Å². The summed E-state index contributed by atoms with van der Waals surface area (Å²) in [4.78, 5) is 22.9. The van der Waals surface area contributed by atoms with Crippen LogP contribution < -0.4 is 0 Å². The fourth-order valence-electron chi connectivity index (χ4n) is 3.92. The lowest BCUT2D eigenvalue weighted by molar-refractivity contribution is -0.108. The summed E-state index contributed by atoms with van der Waals surface area (Å²) in [6.07, 6.45) is 5.91. The zero-order valence-corrected chi connectivity index (χ0v) is 16.0. The molecule has 3 rings (SSSR count). The summed E-state index contributed by atoms with van der Waals surface area (Å²) in [6, 6.07) is 6.42. The van der Waals surface area contributed by atoms with Crippen molar-refractivity contribution in [2.24, 2.45) is 0 Å². The van der Waals surface area contributed by atoms with Crippen LogP contribution in [0.3, 0.4) is 0 Å². The molecule has 0 amide bonds. The van der Waals surface area contributed by atoms with Gasteiger partial charge in [0.2, 0.25) is 0 Å². The first-order chi connectivity index (χ1) is 11.7. The van der Waals surface area contributed by atoms with Crippen molar-refractivity contribution in [3.63, 3.8) is 0 Å². The van der Waals surface area contributed by atoms with Crippen molar-refractivity contribution < 1.29 is 9.59 Å². The Hall–Kier alpha value is -1.89. The van der Waals surface area contributed by atoms with E-state index in [4.69, 9.17) is 11.6 Å². The van der Waals surface area contributed by atoms with E-state index < -0.39 is 5.24 Å². The maximum Gasteiger partial charge on any atom is 0.252 e. The summed E-state index contributed by atoms with van der Waals surface area (Å²) < 4.78 is 0. The van der Waals surface area contributed by atoms with Crippen LogP contribution in [-0.2, 0) is 20.4 Å². The Morgan fingerprint density at radius 1 is 1.04 bits per heavy atom. The Morgan fingerprint density at radius 3 is 2.28 bits per heavy atom. The molecule has 0 radical (unpaired) electrons. The van der Waals surface area contributed by atoms with E-state index >= 15 is 0 Å². The molecule has 25 heavy (non-hydrogen) atoms. The van der Waals surface area contributed by atoms with Crippen LogP contribution in [0, 0.1) is 0 Å². The van der Waals surface area contributed by atoms with Crippen LogP contribution in [0.1, 0.15) is 63.6 Å². The fourth-order valence-corrected chi connectivity index (χ4v) is 4.09. The quantitative estimate of drug-likeness (QED) is 0.535. The molecule has 2 nitrogen and oxygen atoms in total. The molecule has 1 aromatic carbocycles. The number of fused-ring (bicyclic) bond motifs is 1. The molecule has 0 heterocycles. The van der Waals surface area contributed by atoms with E-state index in [2.05, 4.69) is 45.9 Å². The van der Waals surface area contributed by atoms with Crippen LogP contribution in [0.25, 0.3) is 5.57 Å². The number of carbonyl (C=O) groups is 1. The van der Waals surface area contributed by atoms with Gasteiger partial charge < -0.3 is 0 Å². The van der Waals surface area contributed by atoms with E-state index in [1.807, 2.05) is 5.94 Å². The van der Waals surface area contributed by atoms with Gasteiger partial charge in [-0.15, -0.1) is 0 Å². The van der Waals surface area contributed by atoms with Crippen molar-refractivity contribution in [3.05, 3.63) is 58.2 Å². The molecule has 0 fully saturated rings. The zero-order chi connectivity index (χ0) is 18.4. The van der Waals surface area contributed by atoms with E-state index in [1.54, 1.807) is 12.2 Å². The molecule has 0 spiro atoms. The Bertz CT molecular complexity index is 862. The van der Waals surface area contributed by atoms with Gasteiger partial charge in [0, 0.05) is 17.6 Å². The summed E-state index contributed by atoms with van der Waals surface area (Å²) in [7, 11) is 0. The monoisotopic (exact) mass is 354 g/mol. The number of allylic oxidation sites excluding steroid dienone is 5. The Kier molecular flexibility index (Phi) is 4.39. The highest BCUT2D eigenvalue weighted by atomic mass is 35.5. The van der Waals surface area contributed by atoms with E-state index in [0.29, 0.717) is 17.6 Å². The summed E-state index contributed by atoms with van der Waals surface area (Å²) >= 11 is 5.78. The Morgan fingerprint density at radius 2 is 1.68 bits per heavy atom. The normalized spacial score (nSPS) is 20.9. The molecule has 0 saturated carbocycles. The fraction of sp³-hybridized carbons (Fsp3) is 0.409. The molecule has 2 aliphatic rings. The SMILES string of the molecule is CC1(C)CCC(C)(C)c2cc(C3=C(C(=O)Cl)C=CC(=C=O)C3)ccc21. The molecule has 2 aliphatic carbocycles. The second-order valence-corrected chi connectivity index (χ2v) is 8.67. The standard InChI is InChI=1S/C22H23ClO2/c1-21(2)9-10-22(3,4)19-12-15(6-8-18(19)21)17-11-14(13-24)5-7-16(17)20(23)25/h5-8,12H,9-11H2,1-4H3. The van der Waals surface area contributed by atoms with Crippen LogP contribution in [0.5, 0.6) is 0 Å². The molecule has 0 bridgehead atoms. The van der Waals surface area contributed by atoms with Crippen molar-refractivity contribution >= 4 is 28.4 Å². The third-order valence-corrected chi connectivity index (χ3v) is 5.89. The Balaban J connectivity index is 2.20. The minimum atomic E-state index is -0.492. The minimum Gasteiger partial charge on any atom is -0.276 e. The molecular weight excluding hydrogens is 332 g/mol. The maximum absolute atomic E-state index is 11.8. The first-order valence-corrected chi connectivity index (χ1v) is 9.04. The van der Waals surface area contributed by atoms with Crippen LogP contribution in [0.2, 0.25) is 0 Å². The van der Waals surface area contributed by atoms with Gasteiger partial charge in [-0.3, -0.25) is 4.79 Å². The van der Waals surface area contributed by atoms with E-state index in [9.17, 15) is 9.59 Å². The Labute approximate surface area is 154 Å². The number of benzene rings is 1. The van der Waals surface area contributed by atoms with E-state index in [0.717, 1.165) is 24.0 Å². The van der Waals surface area contributed by atoms with Gasteiger partial charge in [0.05, 0.1) is 0 Å². The molecule has 130 valence electrons.